The molecule has 0 heterocycles. The summed E-state index contributed by atoms with van der Waals surface area (Å²) in [7, 11) is 0. The van der Waals surface area contributed by atoms with Gasteiger partial charge in [-0.25, -0.2) is 0 Å². The Labute approximate surface area is 81.4 Å². The van der Waals surface area contributed by atoms with Crippen molar-refractivity contribution in [2.24, 2.45) is 0 Å². The summed E-state index contributed by atoms with van der Waals surface area (Å²) in [5, 5.41) is 16.8. The Balaban J connectivity index is 2.95. The largest absolute Gasteiger partial charge is 0.508 e. The third kappa shape index (κ3) is 2.36. The average molecular weight is 200 g/mol. The van der Waals surface area contributed by atoms with Crippen molar-refractivity contribution in [3.63, 3.8) is 0 Å². The van der Waals surface area contributed by atoms with Crippen LogP contribution in [0.2, 0.25) is 5.02 Å². The summed E-state index contributed by atoms with van der Waals surface area (Å²) < 4.78 is 4.97. The Morgan fingerprint density at radius 2 is 2.31 bits per heavy atom. The molecule has 70 valence electrons. The quantitative estimate of drug-likeness (QED) is 0.568. The highest BCUT2D eigenvalue weighted by atomic mass is 35.5. The molecule has 0 aromatic heterocycles. The van der Waals surface area contributed by atoms with E-state index in [9.17, 15) is 0 Å². The van der Waals surface area contributed by atoms with Crippen LogP contribution >= 0.6 is 11.6 Å². The number of hydrogen-bond donors (Lipinski definition) is 2. The van der Waals surface area contributed by atoms with Crippen LogP contribution in [0.4, 0.5) is 0 Å². The highest BCUT2D eigenvalue weighted by molar-refractivity contribution is 6.33. The first-order valence-electron chi connectivity index (χ1n) is 3.85. The lowest BCUT2D eigenvalue weighted by atomic mass is 10.2. The topological polar surface area (TPSA) is 53.3 Å². The second-order valence-corrected chi connectivity index (χ2v) is 2.83. The molecule has 2 N–H and O–H groups in total. The van der Waals surface area contributed by atoms with Crippen molar-refractivity contribution < 1.29 is 9.84 Å². The van der Waals surface area contributed by atoms with Gasteiger partial charge in [-0.2, -0.15) is 0 Å². The Morgan fingerprint density at radius 1 is 1.62 bits per heavy atom. The monoisotopic (exact) mass is 199 g/mol. The van der Waals surface area contributed by atoms with Crippen molar-refractivity contribution in [3.8, 4) is 5.75 Å². The SMILES string of the molecule is CCOC(=N)c1ccc(O)cc1Cl. The van der Waals surface area contributed by atoms with E-state index in [1.807, 2.05) is 0 Å². The van der Waals surface area contributed by atoms with Gasteiger partial charge in [-0.15, -0.1) is 0 Å². The molecule has 0 spiro atoms. The molecule has 0 atom stereocenters. The molecule has 13 heavy (non-hydrogen) atoms. The van der Waals surface area contributed by atoms with Crippen LogP contribution in [-0.4, -0.2) is 17.6 Å². The predicted octanol–water partition coefficient (Wildman–Crippen LogP) is 2.41. The lowest BCUT2D eigenvalue weighted by Crippen LogP contribution is -2.04. The first kappa shape index (κ1) is 9.86. The van der Waals surface area contributed by atoms with Gasteiger partial charge in [-0.1, -0.05) is 11.6 Å². The fraction of sp³-hybridized carbons (Fsp3) is 0.222. The van der Waals surface area contributed by atoms with Crippen molar-refractivity contribution in [3.05, 3.63) is 28.8 Å². The minimum absolute atomic E-state index is 0.0208. The number of benzene rings is 1. The van der Waals surface area contributed by atoms with Crippen molar-refractivity contribution >= 4 is 17.5 Å². The highest BCUT2D eigenvalue weighted by Crippen LogP contribution is 2.21. The maximum absolute atomic E-state index is 9.05. The van der Waals surface area contributed by atoms with E-state index >= 15 is 0 Å². The third-order valence-electron chi connectivity index (χ3n) is 1.49. The molecule has 0 bridgehead atoms. The number of hydrogen-bond acceptors (Lipinski definition) is 3. The predicted molar refractivity (Wildman–Crippen MR) is 51.6 cm³/mol. The lowest BCUT2D eigenvalue weighted by Gasteiger charge is -2.06. The Kier molecular flexibility index (Phi) is 3.14. The fourth-order valence-electron chi connectivity index (χ4n) is 0.910. The van der Waals surface area contributed by atoms with Crippen molar-refractivity contribution in [2.45, 2.75) is 6.92 Å². The van der Waals surface area contributed by atoms with E-state index < -0.39 is 0 Å². The molecule has 4 heteroatoms. The van der Waals surface area contributed by atoms with E-state index in [-0.39, 0.29) is 11.6 Å². The summed E-state index contributed by atoms with van der Waals surface area (Å²) in [6.07, 6.45) is 0. The summed E-state index contributed by atoms with van der Waals surface area (Å²) in [4.78, 5) is 0. The van der Waals surface area contributed by atoms with Crippen LogP contribution in [0.5, 0.6) is 5.75 Å². The van der Waals surface area contributed by atoms with E-state index in [0.717, 1.165) is 0 Å². The Morgan fingerprint density at radius 3 is 2.85 bits per heavy atom. The van der Waals surface area contributed by atoms with Crippen LogP contribution < -0.4 is 0 Å². The number of halogens is 1. The molecular weight excluding hydrogens is 190 g/mol. The van der Waals surface area contributed by atoms with Crippen molar-refractivity contribution in [1.82, 2.24) is 0 Å². The summed E-state index contributed by atoms with van der Waals surface area (Å²) in [5.41, 5.74) is 0.487. The second kappa shape index (κ2) is 4.14. The summed E-state index contributed by atoms with van der Waals surface area (Å²) in [6, 6.07) is 4.40. The van der Waals surface area contributed by atoms with Crippen LogP contribution in [0.1, 0.15) is 12.5 Å². The van der Waals surface area contributed by atoms with Gasteiger partial charge >= 0.3 is 0 Å². The molecule has 0 aliphatic heterocycles. The molecule has 0 aliphatic rings. The molecule has 0 radical (unpaired) electrons. The van der Waals surface area contributed by atoms with Gasteiger partial charge < -0.3 is 9.84 Å². The van der Waals surface area contributed by atoms with E-state index in [4.69, 9.17) is 26.9 Å². The van der Waals surface area contributed by atoms with Gasteiger partial charge in [0.25, 0.3) is 0 Å². The zero-order valence-corrected chi connectivity index (χ0v) is 7.93. The summed E-state index contributed by atoms with van der Waals surface area (Å²) >= 11 is 5.78. The summed E-state index contributed by atoms with van der Waals surface area (Å²) in [6.45, 7) is 2.22. The molecule has 0 amide bonds. The van der Waals surface area contributed by atoms with Crippen LogP contribution in [0.3, 0.4) is 0 Å². The number of aromatic hydroxyl groups is 1. The minimum atomic E-state index is 0.0208. The zero-order valence-electron chi connectivity index (χ0n) is 7.17. The average Bonchev–Trinajstić information content (AvgIpc) is 2.04. The van der Waals surface area contributed by atoms with Gasteiger partial charge in [0.1, 0.15) is 5.75 Å². The lowest BCUT2D eigenvalue weighted by molar-refractivity contribution is 0.325. The molecule has 1 rings (SSSR count). The molecular formula is C9H10ClNO2. The van der Waals surface area contributed by atoms with Crippen LogP contribution in [0, 0.1) is 5.41 Å². The van der Waals surface area contributed by atoms with Gasteiger partial charge in [0.05, 0.1) is 17.2 Å². The van der Waals surface area contributed by atoms with Crippen LogP contribution in [0.25, 0.3) is 0 Å². The minimum Gasteiger partial charge on any atom is -0.508 e. The van der Waals surface area contributed by atoms with Crippen LogP contribution in [0.15, 0.2) is 18.2 Å². The van der Waals surface area contributed by atoms with E-state index in [0.29, 0.717) is 17.2 Å². The standard InChI is InChI=1S/C9H10ClNO2/c1-2-13-9(11)7-4-3-6(12)5-8(7)10/h3-5,11-12H,2H2,1H3. The maximum Gasteiger partial charge on any atom is 0.214 e. The fourth-order valence-corrected chi connectivity index (χ4v) is 1.17. The number of ether oxygens (including phenoxy) is 1. The molecule has 0 saturated heterocycles. The number of rotatable bonds is 2. The normalized spacial score (nSPS) is 9.69. The molecule has 1 aromatic carbocycles. The van der Waals surface area contributed by atoms with Crippen molar-refractivity contribution in [1.29, 1.82) is 5.41 Å². The van der Waals surface area contributed by atoms with Gasteiger partial charge in [0.15, 0.2) is 0 Å². The zero-order chi connectivity index (χ0) is 9.84. The second-order valence-electron chi connectivity index (χ2n) is 2.43. The Hall–Kier alpha value is -1.22. The first-order valence-corrected chi connectivity index (χ1v) is 4.23. The number of nitrogens with one attached hydrogen (secondary N) is 1. The smallest absolute Gasteiger partial charge is 0.214 e. The molecule has 0 aliphatic carbocycles. The third-order valence-corrected chi connectivity index (χ3v) is 1.80. The Bertz CT molecular complexity index is 325. The number of phenols is 1. The van der Waals surface area contributed by atoms with Gasteiger partial charge in [-0.05, 0) is 25.1 Å². The molecule has 0 unspecified atom stereocenters. The molecule has 0 fully saturated rings. The first-order chi connectivity index (χ1) is 6.15. The highest BCUT2D eigenvalue weighted by Gasteiger charge is 2.07. The summed E-state index contributed by atoms with van der Waals surface area (Å²) in [5.74, 6) is 0.102. The van der Waals surface area contributed by atoms with Gasteiger partial charge in [-0.3, -0.25) is 5.41 Å². The molecule has 1 aromatic rings. The van der Waals surface area contributed by atoms with Crippen molar-refractivity contribution in [2.75, 3.05) is 6.61 Å². The van der Waals surface area contributed by atoms with E-state index in [1.54, 1.807) is 13.0 Å². The van der Waals surface area contributed by atoms with E-state index in [2.05, 4.69) is 0 Å². The number of phenolic OH excluding ortho intramolecular Hbond substituents is 1. The van der Waals surface area contributed by atoms with E-state index in [1.165, 1.54) is 12.1 Å². The van der Waals surface area contributed by atoms with Gasteiger partial charge in [0, 0.05) is 0 Å². The van der Waals surface area contributed by atoms with Gasteiger partial charge in [0.2, 0.25) is 5.90 Å². The van der Waals surface area contributed by atoms with Crippen LogP contribution in [-0.2, 0) is 4.74 Å². The molecule has 0 saturated carbocycles. The molecule has 3 nitrogen and oxygen atoms in total. The maximum atomic E-state index is 9.05.